The number of carbonyl (C=O) groups excluding carboxylic acids is 2. The molecule has 2 aliphatic heterocycles. The molecule has 1 atom stereocenters. The number of hydrogen-bond acceptors (Lipinski definition) is 4. The van der Waals surface area contributed by atoms with E-state index >= 15 is 0 Å². The Labute approximate surface area is 146 Å². The first-order chi connectivity index (χ1) is 12.1. The number of piperidine rings is 1. The summed E-state index contributed by atoms with van der Waals surface area (Å²) in [5.41, 5.74) is 1.58. The number of benzene rings is 1. The predicted octanol–water partition coefficient (Wildman–Crippen LogP) is 0.988. The van der Waals surface area contributed by atoms with Crippen LogP contribution in [0.4, 0.5) is 0 Å². The lowest BCUT2D eigenvalue weighted by Gasteiger charge is -2.35. The summed E-state index contributed by atoms with van der Waals surface area (Å²) in [4.78, 5) is 28.7. The molecule has 2 saturated heterocycles. The van der Waals surface area contributed by atoms with Gasteiger partial charge in [0.2, 0.25) is 5.91 Å². The third-order valence-electron chi connectivity index (χ3n) is 5.41. The molecule has 25 heavy (non-hydrogen) atoms. The summed E-state index contributed by atoms with van der Waals surface area (Å²) in [6.45, 7) is 2.56. The van der Waals surface area contributed by atoms with Gasteiger partial charge in [-0.3, -0.25) is 19.6 Å². The number of nitrogens with zero attached hydrogens (tertiary/aromatic N) is 3. The van der Waals surface area contributed by atoms with Crippen molar-refractivity contribution in [1.29, 1.82) is 0 Å². The van der Waals surface area contributed by atoms with Crippen LogP contribution >= 0.6 is 0 Å². The van der Waals surface area contributed by atoms with Crippen LogP contribution < -0.4 is 5.32 Å². The van der Waals surface area contributed by atoms with Crippen molar-refractivity contribution in [2.45, 2.75) is 31.3 Å². The topological polar surface area (TPSA) is 81.3 Å². The van der Waals surface area contributed by atoms with Crippen LogP contribution in [0.1, 0.15) is 29.6 Å². The highest BCUT2D eigenvalue weighted by Gasteiger charge is 2.35. The molecule has 0 saturated carbocycles. The number of fused-ring (bicyclic) bond motifs is 1. The second-order valence-electron chi connectivity index (χ2n) is 7.02. The van der Waals surface area contributed by atoms with Crippen LogP contribution in [0.5, 0.6) is 0 Å². The third-order valence-corrected chi connectivity index (χ3v) is 5.41. The molecule has 4 rings (SSSR count). The Balaban J connectivity index is 1.33. The standard InChI is InChI=1S/C18H23N5O2/c1-22-7-6-16(18(22)25)23-8-4-14(5-9-23)20-17(24)12-2-3-15-13(10-12)11-19-21-15/h2-3,10-11,14,16H,4-9H2,1H3,(H,19,21)(H,20,24). The van der Waals surface area contributed by atoms with Crippen LogP contribution in [0.2, 0.25) is 0 Å². The molecule has 7 nitrogen and oxygen atoms in total. The van der Waals surface area contributed by atoms with E-state index in [0.29, 0.717) is 5.56 Å². The normalized spacial score (nSPS) is 22.7. The number of likely N-dealkylation sites (tertiary alicyclic amines) is 2. The molecule has 1 unspecified atom stereocenters. The molecule has 0 spiro atoms. The second kappa shape index (κ2) is 6.48. The average Bonchev–Trinajstić information content (AvgIpc) is 3.22. The first kappa shape index (κ1) is 16.1. The van der Waals surface area contributed by atoms with Gasteiger partial charge in [-0.2, -0.15) is 5.10 Å². The van der Waals surface area contributed by atoms with Gasteiger partial charge < -0.3 is 10.2 Å². The van der Waals surface area contributed by atoms with E-state index in [-0.39, 0.29) is 23.9 Å². The lowest BCUT2D eigenvalue weighted by molar-refractivity contribution is -0.131. The van der Waals surface area contributed by atoms with E-state index in [2.05, 4.69) is 20.4 Å². The largest absolute Gasteiger partial charge is 0.349 e. The number of rotatable bonds is 3. The molecule has 1 aromatic heterocycles. The predicted molar refractivity (Wildman–Crippen MR) is 94.2 cm³/mol. The molecule has 132 valence electrons. The fraction of sp³-hybridized carbons (Fsp3) is 0.500. The summed E-state index contributed by atoms with van der Waals surface area (Å²) in [7, 11) is 1.87. The highest BCUT2D eigenvalue weighted by molar-refractivity contribution is 5.98. The van der Waals surface area contributed by atoms with Crippen molar-refractivity contribution in [3.63, 3.8) is 0 Å². The van der Waals surface area contributed by atoms with Crippen molar-refractivity contribution in [2.75, 3.05) is 26.7 Å². The van der Waals surface area contributed by atoms with E-state index in [4.69, 9.17) is 0 Å². The van der Waals surface area contributed by atoms with Crippen molar-refractivity contribution >= 4 is 22.7 Å². The average molecular weight is 341 g/mol. The number of amides is 2. The molecular formula is C18H23N5O2. The lowest BCUT2D eigenvalue weighted by Crippen LogP contribution is -2.50. The van der Waals surface area contributed by atoms with Crippen molar-refractivity contribution in [2.24, 2.45) is 0 Å². The van der Waals surface area contributed by atoms with Gasteiger partial charge in [0.05, 0.1) is 17.8 Å². The Kier molecular flexibility index (Phi) is 4.17. The summed E-state index contributed by atoms with van der Waals surface area (Å²) in [5.74, 6) is 0.189. The molecule has 7 heteroatoms. The fourth-order valence-corrected chi connectivity index (χ4v) is 3.85. The van der Waals surface area contributed by atoms with Gasteiger partial charge in [-0.25, -0.2) is 0 Å². The number of carbonyl (C=O) groups is 2. The maximum atomic E-state index is 12.5. The van der Waals surface area contributed by atoms with Gasteiger partial charge in [-0.1, -0.05) is 0 Å². The minimum Gasteiger partial charge on any atom is -0.349 e. The summed E-state index contributed by atoms with van der Waals surface area (Å²) >= 11 is 0. The Bertz CT molecular complexity index is 794. The third kappa shape index (κ3) is 3.11. The summed E-state index contributed by atoms with van der Waals surface area (Å²) in [6, 6.07) is 5.75. The number of nitrogens with one attached hydrogen (secondary N) is 2. The van der Waals surface area contributed by atoms with Gasteiger partial charge in [0.1, 0.15) is 0 Å². The van der Waals surface area contributed by atoms with E-state index in [0.717, 1.165) is 49.8 Å². The van der Waals surface area contributed by atoms with Gasteiger partial charge in [0, 0.05) is 43.7 Å². The molecule has 0 radical (unpaired) electrons. The molecule has 0 bridgehead atoms. The highest BCUT2D eigenvalue weighted by atomic mass is 16.2. The molecule has 3 heterocycles. The summed E-state index contributed by atoms with van der Waals surface area (Å²) in [5, 5.41) is 10.9. The number of hydrogen-bond donors (Lipinski definition) is 2. The smallest absolute Gasteiger partial charge is 0.251 e. The molecule has 2 amide bonds. The molecule has 2 N–H and O–H groups in total. The Hall–Kier alpha value is -2.41. The first-order valence-corrected chi connectivity index (χ1v) is 8.85. The molecule has 2 fully saturated rings. The zero-order valence-corrected chi connectivity index (χ0v) is 14.4. The van der Waals surface area contributed by atoms with Crippen LogP contribution in [0, 0.1) is 0 Å². The molecule has 2 aliphatic rings. The summed E-state index contributed by atoms with van der Waals surface area (Å²) < 4.78 is 0. The number of H-pyrrole nitrogens is 1. The number of aromatic nitrogens is 2. The van der Waals surface area contributed by atoms with E-state index in [9.17, 15) is 9.59 Å². The Morgan fingerprint density at radius 3 is 2.76 bits per heavy atom. The highest BCUT2D eigenvalue weighted by Crippen LogP contribution is 2.21. The van der Waals surface area contributed by atoms with Crippen LogP contribution in [0.3, 0.4) is 0 Å². The van der Waals surface area contributed by atoms with Crippen molar-refractivity contribution < 1.29 is 9.59 Å². The van der Waals surface area contributed by atoms with Gasteiger partial charge in [-0.15, -0.1) is 0 Å². The van der Waals surface area contributed by atoms with Gasteiger partial charge in [0.15, 0.2) is 0 Å². The van der Waals surface area contributed by atoms with Crippen molar-refractivity contribution in [3.8, 4) is 0 Å². The molecule has 0 aliphatic carbocycles. The van der Waals surface area contributed by atoms with Gasteiger partial charge >= 0.3 is 0 Å². The van der Waals surface area contributed by atoms with E-state index in [1.165, 1.54) is 0 Å². The molecule has 2 aromatic rings. The minimum atomic E-state index is -0.0433. The van der Waals surface area contributed by atoms with E-state index in [1.807, 2.05) is 30.1 Å². The fourth-order valence-electron chi connectivity index (χ4n) is 3.85. The van der Waals surface area contributed by atoms with Gasteiger partial charge in [0.25, 0.3) is 5.91 Å². The van der Waals surface area contributed by atoms with Crippen LogP contribution in [0.25, 0.3) is 10.9 Å². The second-order valence-corrected chi connectivity index (χ2v) is 7.02. The molecular weight excluding hydrogens is 318 g/mol. The van der Waals surface area contributed by atoms with Crippen LogP contribution in [-0.4, -0.2) is 70.6 Å². The maximum absolute atomic E-state index is 12.5. The van der Waals surface area contributed by atoms with Crippen LogP contribution in [0.15, 0.2) is 24.4 Å². The summed E-state index contributed by atoms with van der Waals surface area (Å²) in [6.07, 6.45) is 4.40. The lowest BCUT2D eigenvalue weighted by atomic mass is 10.0. The maximum Gasteiger partial charge on any atom is 0.251 e. The zero-order chi connectivity index (χ0) is 17.4. The van der Waals surface area contributed by atoms with Crippen molar-refractivity contribution in [1.82, 2.24) is 25.3 Å². The van der Waals surface area contributed by atoms with Gasteiger partial charge in [-0.05, 0) is 37.5 Å². The SMILES string of the molecule is CN1CCC(N2CCC(NC(=O)c3ccc4[nH]ncc4c3)CC2)C1=O. The van der Waals surface area contributed by atoms with Crippen molar-refractivity contribution in [3.05, 3.63) is 30.0 Å². The van der Waals surface area contributed by atoms with E-state index < -0.39 is 0 Å². The zero-order valence-electron chi connectivity index (χ0n) is 14.4. The van der Waals surface area contributed by atoms with Crippen LogP contribution in [-0.2, 0) is 4.79 Å². The monoisotopic (exact) mass is 341 g/mol. The van der Waals surface area contributed by atoms with E-state index in [1.54, 1.807) is 6.20 Å². The Morgan fingerprint density at radius 2 is 2.04 bits per heavy atom. The quantitative estimate of drug-likeness (QED) is 0.872. The molecule has 1 aromatic carbocycles. The number of likely N-dealkylation sites (N-methyl/N-ethyl adjacent to an activating group) is 1. The minimum absolute atomic E-state index is 0.0325. The first-order valence-electron chi connectivity index (χ1n) is 8.85. The Morgan fingerprint density at radius 1 is 1.24 bits per heavy atom. The number of aromatic amines is 1.